The van der Waals surface area contributed by atoms with Gasteiger partial charge in [0.25, 0.3) is 5.91 Å². The van der Waals surface area contributed by atoms with Gasteiger partial charge in [-0.15, -0.1) is 0 Å². The Bertz CT molecular complexity index is 910. The third-order valence-corrected chi connectivity index (χ3v) is 4.73. The maximum absolute atomic E-state index is 12.9. The van der Waals surface area contributed by atoms with Crippen molar-refractivity contribution >= 4 is 17.7 Å². The summed E-state index contributed by atoms with van der Waals surface area (Å²) in [7, 11) is 0. The quantitative estimate of drug-likeness (QED) is 0.739. The SMILES string of the molecule is O=C(c1ccnc(NCc2ccccc2)c1)N1CCN(c2ncccn2)CC1. The second-order valence-electron chi connectivity index (χ2n) is 6.60. The van der Waals surface area contributed by atoms with Crippen molar-refractivity contribution < 1.29 is 4.79 Å². The number of nitrogens with zero attached hydrogens (tertiary/aromatic N) is 5. The Balaban J connectivity index is 1.36. The molecule has 1 aliphatic heterocycles. The van der Waals surface area contributed by atoms with E-state index in [1.54, 1.807) is 30.7 Å². The van der Waals surface area contributed by atoms with Crippen LogP contribution in [-0.4, -0.2) is 51.9 Å². The van der Waals surface area contributed by atoms with Gasteiger partial charge in [-0.25, -0.2) is 15.0 Å². The first kappa shape index (κ1) is 17.9. The molecule has 7 heteroatoms. The van der Waals surface area contributed by atoms with Crippen molar-refractivity contribution in [2.75, 3.05) is 36.4 Å². The van der Waals surface area contributed by atoms with Gasteiger partial charge in [-0.1, -0.05) is 30.3 Å². The number of pyridine rings is 1. The zero-order valence-corrected chi connectivity index (χ0v) is 15.5. The summed E-state index contributed by atoms with van der Waals surface area (Å²) < 4.78 is 0. The predicted octanol–water partition coefficient (Wildman–Crippen LogP) is 2.45. The van der Waals surface area contributed by atoms with Gasteiger partial charge in [-0.3, -0.25) is 4.79 Å². The zero-order chi connectivity index (χ0) is 19.2. The minimum Gasteiger partial charge on any atom is -0.366 e. The average Bonchev–Trinajstić information content (AvgIpc) is 2.79. The number of aromatic nitrogens is 3. The molecule has 4 rings (SSSR count). The minimum absolute atomic E-state index is 0.0267. The number of benzene rings is 1. The lowest BCUT2D eigenvalue weighted by Gasteiger charge is -2.34. The van der Waals surface area contributed by atoms with Crippen LogP contribution in [0.4, 0.5) is 11.8 Å². The fourth-order valence-corrected chi connectivity index (χ4v) is 3.20. The molecule has 1 amide bonds. The molecular formula is C21H22N6O. The molecule has 0 aliphatic carbocycles. The van der Waals surface area contributed by atoms with E-state index in [0.29, 0.717) is 37.0 Å². The smallest absolute Gasteiger partial charge is 0.254 e. The molecule has 142 valence electrons. The molecule has 0 atom stereocenters. The number of rotatable bonds is 5. The van der Waals surface area contributed by atoms with Crippen LogP contribution in [0.25, 0.3) is 0 Å². The predicted molar refractivity (Wildman–Crippen MR) is 108 cm³/mol. The molecule has 3 heterocycles. The van der Waals surface area contributed by atoms with Crippen molar-refractivity contribution in [2.24, 2.45) is 0 Å². The number of carbonyl (C=O) groups excluding carboxylic acids is 1. The molecule has 1 fully saturated rings. The van der Waals surface area contributed by atoms with Gasteiger partial charge in [0.05, 0.1) is 0 Å². The molecule has 3 aromatic rings. The number of amides is 1. The average molecular weight is 374 g/mol. The van der Waals surface area contributed by atoms with E-state index >= 15 is 0 Å². The third kappa shape index (κ3) is 4.25. The van der Waals surface area contributed by atoms with Crippen molar-refractivity contribution in [1.82, 2.24) is 19.9 Å². The number of piperazine rings is 1. The fourth-order valence-electron chi connectivity index (χ4n) is 3.20. The first-order valence-corrected chi connectivity index (χ1v) is 9.35. The van der Waals surface area contributed by atoms with Crippen LogP contribution in [0.2, 0.25) is 0 Å². The summed E-state index contributed by atoms with van der Waals surface area (Å²) in [6.45, 7) is 3.40. The zero-order valence-electron chi connectivity index (χ0n) is 15.5. The number of nitrogens with one attached hydrogen (secondary N) is 1. The van der Waals surface area contributed by atoms with E-state index in [0.717, 1.165) is 13.1 Å². The van der Waals surface area contributed by atoms with Gasteiger partial charge in [0.2, 0.25) is 5.95 Å². The van der Waals surface area contributed by atoms with Gasteiger partial charge in [0, 0.05) is 56.9 Å². The maximum atomic E-state index is 12.9. The molecule has 0 bridgehead atoms. The van der Waals surface area contributed by atoms with Crippen LogP contribution in [0.5, 0.6) is 0 Å². The summed E-state index contributed by atoms with van der Waals surface area (Å²) in [6, 6.07) is 15.5. The summed E-state index contributed by atoms with van der Waals surface area (Å²) >= 11 is 0. The lowest BCUT2D eigenvalue weighted by atomic mass is 10.2. The highest BCUT2D eigenvalue weighted by atomic mass is 16.2. The van der Waals surface area contributed by atoms with Crippen molar-refractivity contribution in [3.8, 4) is 0 Å². The van der Waals surface area contributed by atoms with E-state index in [2.05, 4.69) is 37.3 Å². The monoisotopic (exact) mass is 374 g/mol. The normalized spacial score (nSPS) is 14.0. The molecular weight excluding hydrogens is 352 g/mol. The van der Waals surface area contributed by atoms with E-state index in [-0.39, 0.29) is 5.91 Å². The van der Waals surface area contributed by atoms with Crippen molar-refractivity contribution in [3.05, 3.63) is 78.2 Å². The molecule has 0 radical (unpaired) electrons. The Kier molecular flexibility index (Phi) is 5.42. The number of anilines is 2. The number of hydrogen-bond acceptors (Lipinski definition) is 6. The van der Waals surface area contributed by atoms with Crippen LogP contribution in [-0.2, 0) is 6.54 Å². The van der Waals surface area contributed by atoms with Crippen molar-refractivity contribution in [2.45, 2.75) is 6.54 Å². The van der Waals surface area contributed by atoms with E-state index in [4.69, 9.17) is 0 Å². The standard InChI is InChI=1S/C21H22N6O/c28-20(26-11-13-27(14-12-26)21-23-8-4-9-24-21)18-7-10-22-19(15-18)25-16-17-5-2-1-3-6-17/h1-10,15H,11-14,16H2,(H,22,25). The van der Waals surface area contributed by atoms with Gasteiger partial charge in [-0.2, -0.15) is 0 Å². The summed E-state index contributed by atoms with van der Waals surface area (Å²) in [4.78, 5) is 29.8. The Hall–Kier alpha value is -3.48. The molecule has 28 heavy (non-hydrogen) atoms. The molecule has 0 unspecified atom stereocenters. The summed E-state index contributed by atoms with van der Waals surface area (Å²) in [5.41, 5.74) is 1.82. The minimum atomic E-state index is 0.0267. The highest BCUT2D eigenvalue weighted by Gasteiger charge is 2.23. The molecule has 1 aliphatic rings. The fraction of sp³-hybridized carbons (Fsp3) is 0.238. The lowest BCUT2D eigenvalue weighted by molar-refractivity contribution is 0.0746. The van der Waals surface area contributed by atoms with Crippen LogP contribution in [0, 0.1) is 0 Å². The molecule has 1 N–H and O–H groups in total. The highest BCUT2D eigenvalue weighted by Crippen LogP contribution is 2.15. The summed E-state index contributed by atoms with van der Waals surface area (Å²) in [5, 5.41) is 3.28. The highest BCUT2D eigenvalue weighted by molar-refractivity contribution is 5.95. The Morgan fingerprint density at radius 3 is 2.39 bits per heavy atom. The van der Waals surface area contributed by atoms with Crippen LogP contribution < -0.4 is 10.2 Å². The summed E-state index contributed by atoms with van der Waals surface area (Å²) in [5.74, 6) is 1.44. The number of hydrogen-bond donors (Lipinski definition) is 1. The van der Waals surface area contributed by atoms with Gasteiger partial charge < -0.3 is 15.1 Å². The van der Waals surface area contributed by atoms with E-state index in [1.165, 1.54) is 5.56 Å². The maximum Gasteiger partial charge on any atom is 0.254 e. The second kappa shape index (κ2) is 8.47. The topological polar surface area (TPSA) is 74.2 Å². The van der Waals surface area contributed by atoms with E-state index < -0.39 is 0 Å². The lowest BCUT2D eigenvalue weighted by Crippen LogP contribution is -2.49. The first-order chi connectivity index (χ1) is 13.8. The molecule has 0 saturated carbocycles. The second-order valence-corrected chi connectivity index (χ2v) is 6.60. The van der Waals surface area contributed by atoms with Crippen molar-refractivity contribution in [1.29, 1.82) is 0 Å². The van der Waals surface area contributed by atoms with Crippen LogP contribution in [0.15, 0.2) is 67.1 Å². The molecule has 2 aromatic heterocycles. The van der Waals surface area contributed by atoms with Crippen molar-refractivity contribution in [3.63, 3.8) is 0 Å². The van der Waals surface area contributed by atoms with E-state index in [9.17, 15) is 4.79 Å². The van der Waals surface area contributed by atoms with Crippen LogP contribution in [0.1, 0.15) is 15.9 Å². The largest absolute Gasteiger partial charge is 0.366 e. The summed E-state index contributed by atoms with van der Waals surface area (Å²) in [6.07, 6.45) is 5.15. The molecule has 7 nitrogen and oxygen atoms in total. The number of carbonyl (C=O) groups is 1. The Morgan fingerprint density at radius 1 is 0.893 bits per heavy atom. The van der Waals surface area contributed by atoms with E-state index in [1.807, 2.05) is 29.2 Å². The van der Waals surface area contributed by atoms with Crippen LogP contribution >= 0.6 is 0 Å². The molecule has 0 spiro atoms. The molecule has 1 saturated heterocycles. The van der Waals surface area contributed by atoms with Crippen LogP contribution in [0.3, 0.4) is 0 Å². The Morgan fingerprint density at radius 2 is 1.64 bits per heavy atom. The Labute approximate surface area is 164 Å². The van der Waals surface area contributed by atoms with Gasteiger partial charge in [0.15, 0.2) is 0 Å². The molecule has 1 aromatic carbocycles. The van der Waals surface area contributed by atoms with Gasteiger partial charge in [0.1, 0.15) is 5.82 Å². The van der Waals surface area contributed by atoms with Gasteiger partial charge in [-0.05, 0) is 23.8 Å². The third-order valence-electron chi connectivity index (χ3n) is 4.73. The first-order valence-electron chi connectivity index (χ1n) is 9.35. The van der Waals surface area contributed by atoms with Gasteiger partial charge >= 0.3 is 0 Å².